The van der Waals surface area contributed by atoms with E-state index >= 15 is 0 Å². The minimum atomic E-state index is -0.361. The summed E-state index contributed by atoms with van der Waals surface area (Å²) in [4.78, 5) is 0.171. The van der Waals surface area contributed by atoms with Gasteiger partial charge < -0.3 is 10.2 Å². The van der Waals surface area contributed by atoms with Gasteiger partial charge in [-0.3, -0.25) is 0 Å². The topological polar surface area (TPSA) is 40.5 Å². The minimum absolute atomic E-state index is 0.0828. The molecule has 2 N–H and O–H groups in total. The van der Waals surface area contributed by atoms with Crippen molar-refractivity contribution in [1.29, 1.82) is 0 Å². The predicted octanol–water partition coefficient (Wildman–Crippen LogP) is 0.759. The summed E-state index contributed by atoms with van der Waals surface area (Å²) in [5, 5.41) is 18.2. The summed E-state index contributed by atoms with van der Waals surface area (Å²) in [6.07, 6.45) is 0.563. The van der Waals surface area contributed by atoms with E-state index in [-0.39, 0.29) is 23.5 Å². The average Bonchev–Trinajstić information content (AvgIpc) is 2.17. The zero-order chi connectivity index (χ0) is 7.72. The third-order valence-electron chi connectivity index (χ3n) is 2.26. The molecular weight excluding hydrogens is 196 g/mol. The van der Waals surface area contributed by atoms with Crippen molar-refractivity contribution in [2.45, 2.75) is 24.3 Å². The van der Waals surface area contributed by atoms with Crippen LogP contribution in [-0.2, 0) is 0 Å². The zero-order valence-electron chi connectivity index (χ0n) is 6.00. The van der Waals surface area contributed by atoms with E-state index in [1.54, 1.807) is 0 Å². The summed E-state index contributed by atoms with van der Waals surface area (Å²) in [5.41, 5.74) is 0. The molecule has 2 nitrogen and oxygen atoms in total. The van der Waals surface area contributed by atoms with E-state index in [1.165, 1.54) is 0 Å². The van der Waals surface area contributed by atoms with Crippen LogP contribution in [0.25, 0.3) is 0 Å². The Hall–Kier alpha value is 0.400. The van der Waals surface area contributed by atoms with E-state index < -0.39 is 0 Å². The third kappa shape index (κ3) is 1.36. The van der Waals surface area contributed by atoms with Crippen molar-refractivity contribution in [1.82, 2.24) is 0 Å². The Kier molecular flexibility index (Phi) is 2.72. The Morgan fingerprint density at radius 1 is 1.60 bits per heavy atom. The molecule has 0 amide bonds. The standard InChI is InChI=1S/C7H13BrO2/c1-4-2-5(3-9)7(10)6(4)8/h4-7,9-10H,2-3H2,1H3/t4-,5+,6?,7-/m1/s1. The van der Waals surface area contributed by atoms with Gasteiger partial charge >= 0.3 is 0 Å². The summed E-state index contributed by atoms with van der Waals surface area (Å²) in [6.45, 7) is 2.19. The van der Waals surface area contributed by atoms with Crippen molar-refractivity contribution in [2.75, 3.05) is 6.61 Å². The maximum absolute atomic E-state index is 9.42. The van der Waals surface area contributed by atoms with Crippen molar-refractivity contribution >= 4 is 15.9 Å². The number of rotatable bonds is 1. The van der Waals surface area contributed by atoms with Crippen LogP contribution in [0.15, 0.2) is 0 Å². The van der Waals surface area contributed by atoms with Gasteiger partial charge in [0.05, 0.1) is 6.10 Å². The predicted molar refractivity (Wildman–Crippen MR) is 43.1 cm³/mol. The fourth-order valence-electron chi connectivity index (χ4n) is 1.53. The van der Waals surface area contributed by atoms with Gasteiger partial charge in [0.1, 0.15) is 0 Å². The molecular formula is C7H13BrO2. The smallest absolute Gasteiger partial charge is 0.0717 e. The lowest BCUT2D eigenvalue weighted by Gasteiger charge is -2.12. The molecule has 0 bridgehead atoms. The van der Waals surface area contributed by atoms with Crippen LogP contribution in [0, 0.1) is 11.8 Å². The first-order valence-electron chi connectivity index (χ1n) is 3.59. The lowest BCUT2D eigenvalue weighted by Crippen LogP contribution is -2.24. The fourth-order valence-corrected chi connectivity index (χ4v) is 2.17. The van der Waals surface area contributed by atoms with Crippen LogP contribution in [0.4, 0.5) is 0 Å². The molecule has 4 atom stereocenters. The Balaban J connectivity index is 2.53. The maximum atomic E-state index is 9.42. The number of alkyl halides is 1. The SMILES string of the molecule is C[C@@H]1C[C@@H](CO)[C@@H](O)C1Br. The first-order chi connectivity index (χ1) is 4.66. The first kappa shape index (κ1) is 8.50. The van der Waals surface area contributed by atoms with E-state index in [0.717, 1.165) is 6.42 Å². The Morgan fingerprint density at radius 2 is 2.20 bits per heavy atom. The fraction of sp³-hybridized carbons (Fsp3) is 1.00. The summed E-state index contributed by atoms with van der Waals surface area (Å²) >= 11 is 3.39. The second kappa shape index (κ2) is 3.20. The van der Waals surface area contributed by atoms with E-state index in [9.17, 15) is 5.11 Å². The molecule has 0 radical (unpaired) electrons. The largest absolute Gasteiger partial charge is 0.396 e. The van der Waals surface area contributed by atoms with E-state index in [2.05, 4.69) is 22.9 Å². The van der Waals surface area contributed by atoms with Gasteiger partial charge in [0.15, 0.2) is 0 Å². The van der Waals surface area contributed by atoms with Crippen molar-refractivity contribution in [3.63, 3.8) is 0 Å². The highest BCUT2D eigenvalue weighted by molar-refractivity contribution is 9.09. The van der Waals surface area contributed by atoms with Gasteiger partial charge in [-0.25, -0.2) is 0 Å². The molecule has 1 unspecified atom stereocenters. The Morgan fingerprint density at radius 3 is 2.40 bits per heavy atom. The van der Waals surface area contributed by atoms with E-state index in [1.807, 2.05) is 0 Å². The number of hydrogen-bond donors (Lipinski definition) is 2. The molecule has 60 valence electrons. The van der Waals surface area contributed by atoms with Crippen molar-refractivity contribution in [2.24, 2.45) is 11.8 Å². The molecule has 0 spiro atoms. The van der Waals surface area contributed by atoms with Crippen LogP contribution in [0.5, 0.6) is 0 Å². The van der Waals surface area contributed by atoms with Gasteiger partial charge in [0.25, 0.3) is 0 Å². The molecule has 1 aliphatic rings. The van der Waals surface area contributed by atoms with Crippen LogP contribution in [0.1, 0.15) is 13.3 Å². The lowest BCUT2D eigenvalue weighted by molar-refractivity contribution is 0.0947. The molecule has 10 heavy (non-hydrogen) atoms. The maximum Gasteiger partial charge on any atom is 0.0717 e. The normalized spacial score (nSPS) is 48.0. The molecule has 0 heterocycles. The molecule has 0 aliphatic heterocycles. The van der Waals surface area contributed by atoms with E-state index in [4.69, 9.17) is 5.11 Å². The van der Waals surface area contributed by atoms with Gasteiger partial charge in [-0.1, -0.05) is 22.9 Å². The number of hydrogen-bond acceptors (Lipinski definition) is 2. The monoisotopic (exact) mass is 208 g/mol. The number of halogens is 1. The third-order valence-corrected chi connectivity index (χ3v) is 3.71. The molecule has 0 aromatic heterocycles. The average molecular weight is 209 g/mol. The van der Waals surface area contributed by atoms with Crippen LogP contribution >= 0.6 is 15.9 Å². The molecule has 1 rings (SSSR count). The molecule has 3 heteroatoms. The first-order valence-corrected chi connectivity index (χ1v) is 4.51. The van der Waals surface area contributed by atoms with Crippen molar-refractivity contribution < 1.29 is 10.2 Å². The van der Waals surface area contributed by atoms with Gasteiger partial charge in [-0.2, -0.15) is 0 Å². The van der Waals surface area contributed by atoms with Crippen molar-refractivity contribution in [3.8, 4) is 0 Å². The highest BCUT2D eigenvalue weighted by Gasteiger charge is 2.37. The van der Waals surface area contributed by atoms with Gasteiger partial charge in [-0.05, 0) is 12.3 Å². The molecule has 1 aliphatic carbocycles. The van der Waals surface area contributed by atoms with Crippen LogP contribution in [0.2, 0.25) is 0 Å². The molecule has 0 aromatic carbocycles. The van der Waals surface area contributed by atoms with Crippen LogP contribution in [0.3, 0.4) is 0 Å². The van der Waals surface area contributed by atoms with Gasteiger partial charge in [0, 0.05) is 17.4 Å². The summed E-state index contributed by atoms with van der Waals surface area (Å²) in [6, 6.07) is 0. The molecule has 0 aromatic rings. The van der Waals surface area contributed by atoms with Gasteiger partial charge in [0.2, 0.25) is 0 Å². The van der Waals surface area contributed by atoms with Gasteiger partial charge in [-0.15, -0.1) is 0 Å². The summed E-state index contributed by atoms with van der Waals surface area (Å²) < 4.78 is 0. The molecule has 0 saturated heterocycles. The number of aliphatic hydroxyl groups excluding tert-OH is 2. The quantitative estimate of drug-likeness (QED) is 0.626. The molecule has 1 fully saturated rings. The van der Waals surface area contributed by atoms with Crippen molar-refractivity contribution in [3.05, 3.63) is 0 Å². The highest BCUT2D eigenvalue weighted by atomic mass is 79.9. The Bertz CT molecular complexity index is 118. The second-order valence-electron chi connectivity index (χ2n) is 3.09. The number of aliphatic hydroxyl groups is 2. The van der Waals surface area contributed by atoms with Crippen LogP contribution in [-0.4, -0.2) is 27.8 Å². The van der Waals surface area contributed by atoms with E-state index in [0.29, 0.717) is 5.92 Å². The Labute approximate surface area is 69.4 Å². The minimum Gasteiger partial charge on any atom is -0.396 e. The lowest BCUT2D eigenvalue weighted by atomic mass is 10.1. The molecule has 1 saturated carbocycles. The zero-order valence-corrected chi connectivity index (χ0v) is 7.58. The van der Waals surface area contributed by atoms with Crippen LogP contribution < -0.4 is 0 Å². The highest BCUT2D eigenvalue weighted by Crippen LogP contribution is 2.35. The second-order valence-corrected chi connectivity index (χ2v) is 4.15. The summed E-state index contributed by atoms with van der Waals surface area (Å²) in [7, 11) is 0. The summed E-state index contributed by atoms with van der Waals surface area (Å²) in [5.74, 6) is 0.562.